The van der Waals surface area contributed by atoms with Crippen LogP contribution in [0.3, 0.4) is 0 Å². The van der Waals surface area contributed by atoms with Gasteiger partial charge in [-0.2, -0.15) is 0 Å². The zero-order chi connectivity index (χ0) is 29.3. The molecular weight excluding hydrogens is 569 g/mol. The fourth-order valence-electron chi connectivity index (χ4n) is 4.27. The van der Waals surface area contributed by atoms with Gasteiger partial charge in [0, 0.05) is 13.1 Å². The first kappa shape index (κ1) is 31.5. The lowest BCUT2D eigenvalue weighted by Crippen LogP contribution is -2.53. The van der Waals surface area contributed by atoms with E-state index in [-0.39, 0.29) is 33.1 Å². The van der Waals surface area contributed by atoms with Gasteiger partial charge in [0.2, 0.25) is 11.8 Å². The van der Waals surface area contributed by atoms with Gasteiger partial charge >= 0.3 is 0 Å². The summed E-state index contributed by atoms with van der Waals surface area (Å²) in [5.74, 6) is -0.774. The smallest absolute Gasteiger partial charge is 0.264 e. The number of hydrogen-bond acceptors (Lipinski definition) is 4. The molecule has 0 spiro atoms. The van der Waals surface area contributed by atoms with Gasteiger partial charge in [-0.1, -0.05) is 85.1 Å². The molecule has 0 saturated carbocycles. The zero-order valence-corrected chi connectivity index (χ0v) is 25.3. The molecule has 3 aromatic carbocycles. The summed E-state index contributed by atoms with van der Waals surface area (Å²) in [5.41, 5.74) is 2.08. The third-order valence-electron chi connectivity index (χ3n) is 6.50. The summed E-state index contributed by atoms with van der Waals surface area (Å²) in [6, 6.07) is 19.7. The van der Waals surface area contributed by atoms with E-state index in [0.29, 0.717) is 19.4 Å². The van der Waals surface area contributed by atoms with Crippen molar-refractivity contribution >= 4 is 50.7 Å². The lowest BCUT2D eigenvalue weighted by molar-refractivity contribution is -0.139. The van der Waals surface area contributed by atoms with Crippen LogP contribution in [0.4, 0.5) is 5.69 Å². The van der Waals surface area contributed by atoms with Crippen molar-refractivity contribution in [3.63, 3.8) is 0 Å². The van der Waals surface area contributed by atoms with Crippen LogP contribution in [0.1, 0.15) is 37.8 Å². The van der Waals surface area contributed by atoms with Crippen LogP contribution in [-0.4, -0.2) is 50.8 Å². The van der Waals surface area contributed by atoms with Crippen molar-refractivity contribution in [1.82, 2.24) is 10.2 Å². The second-order valence-electron chi connectivity index (χ2n) is 9.46. The molecule has 0 bridgehead atoms. The lowest BCUT2D eigenvalue weighted by atomic mass is 10.1. The van der Waals surface area contributed by atoms with Gasteiger partial charge in [0.1, 0.15) is 12.6 Å². The number of carbonyl (C=O) groups excluding carboxylic acids is 2. The van der Waals surface area contributed by atoms with E-state index in [0.717, 1.165) is 21.9 Å². The molecule has 2 amide bonds. The number of hydrogen-bond donors (Lipinski definition) is 1. The third-order valence-corrected chi connectivity index (χ3v) is 9.03. The fourth-order valence-corrected chi connectivity index (χ4v) is 5.97. The first-order chi connectivity index (χ1) is 19.1. The van der Waals surface area contributed by atoms with Crippen LogP contribution in [0, 0.1) is 6.92 Å². The number of halogens is 2. The number of rotatable bonds is 13. The maximum atomic E-state index is 14.0. The monoisotopic (exact) mass is 603 g/mol. The minimum Gasteiger partial charge on any atom is -0.354 e. The van der Waals surface area contributed by atoms with Gasteiger partial charge in [0.15, 0.2) is 0 Å². The summed E-state index contributed by atoms with van der Waals surface area (Å²) in [6.07, 6.45) is 1.62. The average Bonchev–Trinajstić information content (AvgIpc) is 2.94. The number of anilines is 1. The van der Waals surface area contributed by atoms with Crippen LogP contribution in [0.25, 0.3) is 0 Å². The van der Waals surface area contributed by atoms with Crippen LogP contribution < -0.4 is 9.62 Å². The molecule has 0 radical (unpaired) electrons. The van der Waals surface area contributed by atoms with E-state index in [9.17, 15) is 18.0 Å². The minimum atomic E-state index is -4.18. The molecule has 0 aliphatic rings. The zero-order valence-electron chi connectivity index (χ0n) is 22.9. The summed E-state index contributed by atoms with van der Waals surface area (Å²) in [7, 11) is -4.18. The molecule has 10 heteroatoms. The topological polar surface area (TPSA) is 86.8 Å². The van der Waals surface area contributed by atoms with E-state index in [1.54, 1.807) is 12.1 Å². The van der Waals surface area contributed by atoms with E-state index in [4.69, 9.17) is 23.2 Å². The van der Waals surface area contributed by atoms with E-state index >= 15 is 0 Å². The van der Waals surface area contributed by atoms with Crippen LogP contribution in [-0.2, 0) is 26.0 Å². The average molecular weight is 605 g/mol. The van der Waals surface area contributed by atoms with Gasteiger partial charge in [0.25, 0.3) is 10.0 Å². The molecule has 1 unspecified atom stereocenters. The highest BCUT2D eigenvalue weighted by molar-refractivity contribution is 7.92. The molecule has 0 heterocycles. The molecule has 3 aromatic rings. The predicted molar refractivity (Wildman–Crippen MR) is 161 cm³/mol. The van der Waals surface area contributed by atoms with Crippen molar-refractivity contribution < 1.29 is 18.0 Å². The largest absolute Gasteiger partial charge is 0.354 e. The molecule has 0 aromatic heterocycles. The highest BCUT2D eigenvalue weighted by Gasteiger charge is 2.33. The number of nitrogens with one attached hydrogen (secondary N) is 1. The number of benzene rings is 3. The van der Waals surface area contributed by atoms with Crippen LogP contribution in [0.5, 0.6) is 0 Å². The van der Waals surface area contributed by atoms with Gasteiger partial charge in [-0.05, 0) is 62.1 Å². The Kier molecular flexibility index (Phi) is 11.4. The lowest BCUT2D eigenvalue weighted by Gasteiger charge is -2.33. The summed E-state index contributed by atoms with van der Waals surface area (Å²) in [5, 5.41) is 3.29. The standard InChI is InChI=1S/C30H35Cl2N3O4S/c1-4-18-33-30(37)28(5-2)34(19-17-23-9-7-6-8-10-23)29(36)21-35(24-13-16-26(31)27(32)20-24)40(38,39)25-14-11-22(3)12-15-25/h6-16,20,28H,4-5,17-19,21H2,1-3H3,(H,33,37). The van der Waals surface area contributed by atoms with Crippen molar-refractivity contribution in [3.8, 4) is 0 Å². The Bertz CT molecular complexity index is 1400. The van der Waals surface area contributed by atoms with E-state index in [1.807, 2.05) is 51.1 Å². The predicted octanol–water partition coefficient (Wildman–Crippen LogP) is 5.87. The quantitative estimate of drug-likeness (QED) is 0.264. The molecule has 0 fully saturated rings. The highest BCUT2D eigenvalue weighted by atomic mass is 35.5. The SMILES string of the molecule is CCCNC(=O)C(CC)N(CCc1ccccc1)C(=O)CN(c1ccc(Cl)c(Cl)c1)S(=O)(=O)c1ccc(C)cc1. The second kappa shape index (κ2) is 14.5. The molecule has 1 N–H and O–H groups in total. The summed E-state index contributed by atoms with van der Waals surface area (Å²) < 4.78 is 28.8. The van der Waals surface area contributed by atoms with E-state index in [1.165, 1.54) is 35.2 Å². The van der Waals surface area contributed by atoms with Crippen LogP contribution in [0.15, 0.2) is 77.7 Å². The molecule has 0 aliphatic heterocycles. The molecule has 7 nitrogen and oxygen atoms in total. The van der Waals surface area contributed by atoms with Crippen molar-refractivity contribution in [2.45, 2.75) is 51.0 Å². The van der Waals surface area contributed by atoms with Crippen molar-refractivity contribution in [3.05, 3.63) is 94.0 Å². The molecule has 214 valence electrons. The molecule has 0 saturated heterocycles. The normalized spacial score (nSPS) is 12.0. The molecular formula is C30H35Cl2N3O4S. The van der Waals surface area contributed by atoms with Gasteiger partial charge < -0.3 is 10.2 Å². The maximum Gasteiger partial charge on any atom is 0.264 e. The van der Waals surface area contributed by atoms with Crippen LogP contribution >= 0.6 is 23.2 Å². The Morgan fingerprint density at radius 2 is 1.60 bits per heavy atom. The number of nitrogens with zero attached hydrogens (tertiary/aromatic N) is 2. The highest BCUT2D eigenvalue weighted by Crippen LogP contribution is 2.31. The minimum absolute atomic E-state index is 0.0283. The molecule has 3 rings (SSSR count). The Labute approximate surface area is 247 Å². The Morgan fingerprint density at radius 1 is 0.925 bits per heavy atom. The first-order valence-electron chi connectivity index (χ1n) is 13.2. The van der Waals surface area contributed by atoms with E-state index < -0.39 is 28.5 Å². The van der Waals surface area contributed by atoms with Gasteiger partial charge in [0.05, 0.1) is 20.6 Å². The molecule has 40 heavy (non-hydrogen) atoms. The summed E-state index contributed by atoms with van der Waals surface area (Å²) in [6.45, 7) is 5.83. The van der Waals surface area contributed by atoms with Crippen LogP contribution in [0.2, 0.25) is 10.0 Å². The van der Waals surface area contributed by atoms with Gasteiger partial charge in [-0.25, -0.2) is 8.42 Å². The van der Waals surface area contributed by atoms with Crippen molar-refractivity contribution in [1.29, 1.82) is 0 Å². The van der Waals surface area contributed by atoms with Crippen molar-refractivity contribution in [2.75, 3.05) is 23.9 Å². The number of carbonyl (C=O) groups is 2. The van der Waals surface area contributed by atoms with E-state index in [2.05, 4.69) is 5.32 Å². The van der Waals surface area contributed by atoms with Gasteiger partial charge in [-0.15, -0.1) is 0 Å². The Hall–Kier alpha value is -3.07. The number of amides is 2. The molecule has 1 atom stereocenters. The number of aryl methyl sites for hydroxylation is 1. The Balaban J connectivity index is 2.02. The number of sulfonamides is 1. The van der Waals surface area contributed by atoms with Crippen molar-refractivity contribution in [2.24, 2.45) is 0 Å². The Morgan fingerprint density at radius 3 is 2.20 bits per heavy atom. The molecule has 0 aliphatic carbocycles. The maximum absolute atomic E-state index is 14.0. The third kappa shape index (κ3) is 7.99. The second-order valence-corrected chi connectivity index (χ2v) is 12.1. The fraction of sp³-hybridized carbons (Fsp3) is 0.333. The summed E-state index contributed by atoms with van der Waals surface area (Å²) in [4.78, 5) is 28.6. The summed E-state index contributed by atoms with van der Waals surface area (Å²) >= 11 is 12.4. The van der Waals surface area contributed by atoms with Gasteiger partial charge in [-0.3, -0.25) is 13.9 Å². The first-order valence-corrected chi connectivity index (χ1v) is 15.4.